The van der Waals surface area contributed by atoms with Crippen LogP contribution in [-0.2, 0) is 20.8 Å². The molecule has 2 aromatic rings. The fourth-order valence-corrected chi connectivity index (χ4v) is 2.99. The number of amides is 1. The summed E-state index contributed by atoms with van der Waals surface area (Å²) < 4.78 is 16.3. The molecule has 0 saturated carbocycles. The van der Waals surface area contributed by atoms with Crippen LogP contribution in [0.3, 0.4) is 0 Å². The van der Waals surface area contributed by atoms with Crippen molar-refractivity contribution >= 4 is 17.2 Å². The van der Waals surface area contributed by atoms with E-state index in [-0.39, 0.29) is 12.0 Å². The molecule has 1 amide bonds. The maximum atomic E-state index is 11.8. The number of hydrogen-bond donors (Lipinski definition) is 1. The Balaban J connectivity index is 1.32. The molecule has 0 radical (unpaired) electrons. The summed E-state index contributed by atoms with van der Waals surface area (Å²) in [4.78, 5) is 17.1. The van der Waals surface area contributed by atoms with E-state index in [0.717, 1.165) is 24.3 Å². The van der Waals surface area contributed by atoms with Crippen molar-refractivity contribution in [2.75, 3.05) is 19.8 Å². The van der Waals surface area contributed by atoms with Gasteiger partial charge in [0.1, 0.15) is 6.26 Å². The number of aromatic nitrogens is 1. The first-order chi connectivity index (χ1) is 11.3. The molecule has 1 atom stereocenters. The minimum absolute atomic E-state index is 0.0574. The monoisotopic (exact) mass is 336 g/mol. The average Bonchev–Trinajstić information content (AvgIpc) is 3.31. The minimum atomic E-state index is -0.0574. The van der Waals surface area contributed by atoms with Gasteiger partial charge >= 0.3 is 0 Å². The minimum Gasteiger partial charge on any atom is -0.443 e. The standard InChI is InChI=1S/C16H20N2O4S/c19-15(5-7-20-11-13-3-1-6-21-13)17-9-12-10-22-16(18-12)14-4-2-8-23-14/h2,4,8,10,13H,1,3,5-7,9,11H2,(H,17,19). The van der Waals surface area contributed by atoms with Crippen molar-refractivity contribution in [2.24, 2.45) is 0 Å². The Kier molecular flexibility index (Phi) is 5.79. The number of carbonyl (C=O) groups is 1. The topological polar surface area (TPSA) is 73.6 Å². The Labute approximate surface area is 138 Å². The van der Waals surface area contributed by atoms with Gasteiger partial charge in [-0.3, -0.25) is 4.79 Å². The SMILES string of the molecule is O=C(CCOCC1CCCO1)NCc1coc(-c2cccs2)n1. The number of ether oxygens (including phenoxy) is 2. The highest BCUT2D eigenvalue weighted by molar-refractivity contribution is 7.13. The molecule has 0 bridgehead atoms. The maximum absolute atomic E-state index is 11.8. The largest absolute Gasteiger partial charge is 0.443 e. The maximum Gasteiger partial charge on any atom is 0.236 e. The van der Waals surface area contributed by atoms with E-state index in [9.17, 15) is 4.79 Å². The van der Waals surface area contributed by atoms with E-state index in [1.807, 2.05) is 17.5 Å². The summed E-state index contributed by atoms with van der Waals surface area (Å²) in [5.41, 5.74) is 0.710. The first kappa shape index (κ1) is 16.2. The number of nitrogens with zero attached hydrogens (tertiary/aromatic N) is 1. The van der Waals surface area contributed by atoms with Crippen LogP contribution in [0.1, 0.15) is 25.0 Å². The first-order valence-electron chi connectivity index (χ1n) is 7.75. The highest BCUT2D eigenvalue weighted by Gasteiger charge is 2.15. The van der Waals surface area contributed by atoms with Crippen molar-refractivity contribution in [1.82, 2.24) is 10.3 Å². The summed E-state index contributed by atoms with van der Waals surface area (Å²) in [6.07, 6.45) is 4.25. The first-order valence-corrected chi connectivity index (χ1v) is 8.63. The van der Waals surface area contributed by atoms with Crippen LogP contribution in [-0.4, -0.2) is 36.8 Å². The van der Waals surface area contributed by atoms with Gasteiger partial charge in [-0.2, -0.15) is 0 Å². The molecule has 2 aromatic heterocycles. The molecule has 23 heavy (non-hydrogen) atoms. The lowest BCUT2D eigenvalue weighted by atomic mass is 10.2. The molecule has 3 heterocycles. The number of oxazole rings is 1. The summed E-state index contributed by atoms with van der Waals surface area (Å²) in [7, 11) is 0. The molecule has 0 aromatic carbocycles. The van der Waals surface area contributed by atoms with Crippen molar-refractivity contribution in [3.05, 3.63) is 29.5 Å². The van der Waals surface area contributed by atoms with Crippen molar-refractivity contribution in [1.29, 1.82) is 0 Å². The van der Waals surface area contributed by atoms with Gasteiger partial charge in [0.25, 0.3) is 0 Å². The fourth-order valence-electron chi connectivity index (χ4n) is 2.33. The molecule has 124 valence electrons. The van der Waals surface area contributed by atoms with Crippen LogP contribution >= 0.6 is 11.3 Å². The molecular formula is C16H20N2O4S. The van der Waals surface area contributed by atoms with Crippen LogP contribution in [0, 0.1) is 0 Å². The van der Waals surface area contributed by atoms with E-state index in [1.54, 1.807) is 17.6 Å². The summed E-state index contributed by atoms with van der Waals surface area (Å²) in [6.45, 7) is 2.16. The van der Waals surface area contributed by atoms with Crippen LogP contribution in [0.2, 0.25) is 0 Å². The van der Waals surface area contributed by atoms with E-state index < -0.39 is 0 Å². The predicted molar refractivity (Wildman–Crippen MR) is 86.1 cm³/mol. The third kappa shape index (κ3) is 4.89. The number of nitrogens with one attached hydrogen (secondary N) is 1. The highest BCUT2D eigenvalue weighted by atomic mass is 32.1. The van der Waals surface area contributed by atoms with Gasteiger partial charge in [-0.25, -0.2) is 4.98 Å². The molecule has 0 aliphatic carbocycles. The van der Waals surface area contributed by atoms with Gasteiger partial charge in [0.15, 0.2) is 0 Å². The van der Waals surface area contributed by atoms with Gasteiger partial charge < -0.3 is 19.2 Å². The lowest BCUT2D eigenvalue weighted by molar-refractivity contribution is -0.122. The third-order valence-corrected chi connectivity index (χ3v) is 4.41. The zero-order valence-electron chi connectivity index (χ0n) is 12.8. The van der Waals surface area contributed by atoms with Gasteiger partial charge in [-0.1, -0.05) is 6.07 Å². The molecule has 7 heteroatoms. The quantitative estimate of drug-likeness (QED) is 0.750. The summed E-state index contributed by atoms with van der Waals surface area (Å²) >= 11 is 1.57. The second-order valence-electron chi connectivity index (χ2n) is 5.36. The van der Waals surface area contributed by atoms with Crippen LogP contribution in [0.25, 0.3) is 10.8 Å². The lowest BCUT2D eigenvalue weighted by Gasteiger charge is -2.09. The van der Waals surface area contributed by atoms with Gasteiger partial charge in [-0.15, -0.1) is 11.3 Å². The smallest absolute Gasteiger partial charge is 0.236 e. The Morgan fingerprint density at radius 3 is 3.26 bits per heavy atom. The number of hydrogen-bond acceptors (Lipinski definition) is 6. The van der Waals surface area contributed by atoms with Crippen molar-refractivity contribution in [3.8, 4) is 10.8 Å². The molecule has 6 nitrogen and oxygen atoms in total. The van der Waals surface area contributed by atoms with Crippen molar-refractivity contribution in [2.45, 2.75) is 31.9 Å². The summed E-state index contributed by atoms with van der Waals surface area (Å²) in [5, 5.41) is 4.79. The number of thiophene rings is 1. The fraction of sp³-hybridized carbons (Fsp3) is 0.500. The molecule has 1 fully saturated rings. The summed E-state index contributed by atoms with van der Waals surface area (Å²) in [6, 6.07) is 3.90. The van der Waals surface area contributed by atoms with Gasteiger partial charge in [0, 0.05) is 13.0 Å². The van der Waals surface area contributed by atoms with E-state index in [2.05, 4.69) is 10.3 Å². The van der Waals surface area contributed by atoms with Crippen molar-refractivity contribution in [3.63, 3.8) is 0 Å². The number of carbonyl (C=O) groups excluding carboxylic acids is 1. The van der Waals surface area contributed by atoms with E-state index in [0.29, 0.717) is 37.8 Å². The van der Waals surface area contributed by atoms with Gasteiger partial charge in [0.05, 0.1) is 36.4 Å². The van der Waals surface area contributed by atoms with E-state index in [1.165, 1.54) is 0 Å². The van der Waals surface area contributed by atoms with Crippen LogP contribution in [0.15, 0.2) is 28.2 Å². The zero-order chi connectivity index (χ0) is 15.9. The highest BCUT2D eigenvalue weighted by Crippen LogP contribution is 2.23. The van der Waals surface area contributed by atoms with Crippen LogP contribution in [0.4, 0.5) is 0 Å². The van der Waals surface area contributed by atoms with Crippen LogP contribution in [0.5, 0.6) is 0 Å². The van der Waals surface area contributed by atoms with E-state index in [4.69, 9.17) is 13.9 Å². The second kappa shape index (κ2) is 8.24. The van der Waals surface area contributed by atoms with Gasteiger partial charge in [-0.05, 0) is 24.3 Å². The molecule has 1 aliphatic heterocycles. The Morgan fingerprint density at radius 1 is 1.52 bits per heavy atom. The lowest BCUT2D eigenvalue weighted by Crippen LogP contribution is -2.25. The Bertz CT molecular complexity index is 605. The molecule has 3 rings (SSSR count). The molecule has 1 saturated heterocycles. The molecule has 1 unspecified atom stereocenters. The predicted octanol–water partition coefficient (Wildman–Crippen LogP) is 2.61. The van der Waals surface area contributed by atoms with Gasteiger partial charge in [0.2, 0.25) is 11.8 Å². The molecular weight excluding hydrogens is 316 g/mol. The molecule has 0 spiro atoms. The Morgan fingerprint density at radius 2 is 2.48 bits per heavy atom. The third-order valence-electron chi connectivity index (χ3n) is 3.55. The normalized spacial score (nSPS) is 17.5. The Hall–Kier alpha value is -1.70. The molecule has 1 N–H and O–H groups in total. The van der Waals surface area contributed by atoms with Crippen LogP contribution < -0.4 is 5.32 Å². The van der Waals surface area contributed by atoms with Crippen molar-refractivity contribution < 1.29 is 18.7 Å². The summed E-state index contributed by atoms with van der Waals surface area (Å²) in [5.74, 6) is 0.530. The second-order valence-corrected chi connectivity index (χ2v) is 6.31. The average molecular weight is 336 g/mol. The molecule has 1 aliphatic rings. The zero-order valence-corrected chi connectivity index (χ0v) is 13.6. The number of rotatable bonds is 8. The van der Waals surface area contributed by atoms with E-state index >= 15 is 0 Å².